The smallest absolute Gasteiger partial charge is 0.185 e. The molecule has 0 unspecified atom stereocenters. The number of morpholine rings is 1. The SMILES string of the molecule is C[C@@H]1CN(c2ccc(NC(=S)NNCCC#N)cc2)C[C@@H](C)O1. The van der Waals surface area contributed by atoms with E-state index in [4.69, 9.17) is 22.2 Å². The van der Waals surface area contributed by atoms with Crippen molar-refractivity contribution in [2.24, 2.45) is 0 Å². The molecule has 1 aliphatic rings. The lowest BCUT2D eigenvalue weighted by Crippen LogP contribution is -2.45. The third-order valence-electron chi connectivity index (χ3n) is 3.47. The molecular formula is C16H23N5OS. The maximum Gasteiger partial charge on any atom is 0.185 e. The molecule has 6 nitrogen and oxygen atoms in total. The van der Waals surface area contributed by atoms with E-state index >= 15 is 0 Å². The third-order valence-corrected chi connectivity index (χ3v) is 3.68. The lowest BCUT2D eigenvalue weighted by atomic mass is 10.2. The Labute approximate surface area is 142 Å². The van der Waals surface area contributed by atoms with Gasteiger partial charge >= 0.3 is 0 Å². The largest absolute Gasteiger partial charge is 0.372 e. The van der Waals surface area contributed by atoms with Gasteiger partial charge in [-0.15, -0.1) is 0 Å². The first kappa shape index (κ1) is 17.5. The summed E-state index contributed by atoms with van der Waals surface area (Å²) in [6.07, 6.45) is 0.918. The first-order valence-corrected chi connectivity index (χ1v) is 8.16. The van der Waals surface area contributed by atoms with Gasteiger partial charge in [-0.25, -0.2) is 5.43 Å². The molecule has 0 saturated carbocycles. The first-order valence-electron chi connectivity index (χ1n) is 7.75. The summed E-state index contributed by atoms with van der Waals surface area (Å²) in [6, 6.07) is 10.2. The van der Waals surface area contributed by atoms with Crippen LogP contribution in [0.5, 0.6) is 0 Å². The van der Waals surface area contributed by atoms with Crippen LogP contribution in [-0.2, 0) is 4.74 Å². The molecule has 0 aromatic heterocycles. The fourth-order valence-corrected chi connectivity index (χ4v) is 2.76. The van der Waals surface area contributed by atoms with Crippen molar-refractivity contribution < 1.29 is 4.74 Å². The van der Waals surface area contributed by atoms with Crippen molar-refractivity contribution in [3.8, 4) is 6.07 Å². The standard InChI is InChI=1S/C16H23N5OS/c1-12-10-21(11-13(2)22-12)15-6-4-14(5-7-15)19-16(23)20-18-9-3-8-17/h4-7,12-13,18H,3,9-11H2,1-2H3,(H2,19,20,23)/t12-,13-/m1/s1. The second-order valence-corrected chi connectivity index (χ2v) is 6.03. The fourth-order valence-electron chi connectivity index (χ4n) is 2.57. The molecule has 0 amide bonds. The molecule has 23 heavy (non-hydrogen) atoms. The maximum atomic E-state index is 8.45. The van der Waals surface area contributed by atoms with Gasteiger partial charge in [0.2, 0.25) is 0 Å². The van der Waals surface area contributed by atoms with E-state index in [1.54, 1.807) is 0 Å². The highest BCUT2D eigenvalue weighted by atomic mass is 32.1. The Bertz CT molecular complexity index is 547. The van der Waals surface area contributed by atoms with Crippen LogP contribution in [0.3, 0.4) is 0 Å². The molecule has 2 rings (SSSR count). The van der Waals surface area contributed by atoms with E-state index in [0.29, 0.717) is 18.1 Å². The predicted molar refractivity (Wildman–Crippen MR) is 96.3 cm³/mol. The van der Waals surface area contributed by atoms with Crippen LogP contribution >= 0.6 is 12.2 Å². The van der Waals surface area contributed by atoms with E-state index in [2.05, 4.69) is 53.1 Å². The average Bonchev–Trinajstić information content (AvgIpc) is 2.51. The third kappa shape index (κ3) is 5.67. The van der Waals surface area contributed by atoms with Crippen molar-refractivity contribution in [2.75, 3.05) is 29.9 Å². The summed E-state index contributed by atoms with van der Waals surface area (Å²) in [6.45, 7) is 6.55. The van der Waals surface area contributed by atoms with Crippen LogP contribution in [0, 0.1) is 11.3 Å². The van der Waals surface area contributed by atoms with Crippen molar-refractivity contribution in [1.82, 2.24) is 10.9 Å². The number of anilines is 2. The van der Waals surface area contributed by atoms with Crippen molar-refractivity contribution in [1.29, 1.82) is 5.26 Å². The van der Waals surface area contributed by atoms with E-state index < -0.39 is 0 Å². The number of rotatable bonds is 5. The molecule has 7 heteroatoms. The number of hydrazine groups is 1. The maximum absolute atomic E-state index is 8.45. The summed E-state index contributed by atoms with van der Waals surface area (Å²) in [5.74, 6) is 0. The molecule has 1 saturated heterocycles. The summed E-state index contributed by atoms with van der Waals surface area (Å²) >= 11 is 5.18. The minimum atomic E-state index is 0.243. The van der Waals surface area contributed by atoms with E-state index in [1.807, 2.05) is 12.1 Å². The molecule has 0 aliphatic carbocycles. The molecule has 3 N–H and O–H groups in total. The number of hydrogen-bond donors (Lipinski definition) is 3. The average molecular weight is 333 g/mol. The van der Waals surface area contributed by atoms with Gasteiger partial charge in [-0.3, -0.25) is 5.43 Å². The zero-order chi connectivity index (χ0) is 16.7. The summed E-state index contributed by atoms with van der Waals surface area (Å²) in [7, 11) is 0. The molecule has 1 fully saturated rings. The van der Waals surface area contributed by atoms with E-state index in [-0.39, 0.29) is 12.2 Å². The zero-order valence-corrected chi connectivity index (χ0v) is 14.3. The van der Waals surface area contributed by atoms with Gasteiger partial charge in [0, 0.05) is 37.4 Å². The van der Waals surface area contributed by atoms with E-state index in [9.17, 15) is 0 Å². The van der Waals surface area contributed by atoms with Crippen molar-refractivity contribution >= 4 is 28.7 Å². The Hall–Kier alpha value is -1.88. The van der Waals surface area contributed by atoms with Crippen molar-refractivity contribution in [3.63, 3.8) is 0 Å². The molecular weight excluding hydrogens is 310 g/mol. The van der Waals surface area contributed by atoms with Crippen LogP contribution in [0.15, 0.2) is 24.3 Å². The van der Waals surface area contributed by atoms with Crippen LogP contribution in [0.4, 0.5) is 11.4 Å². The summed E-state index contributed by atoms with van der Waals surface area (Å²) < 4.78 is 5.76. The minimum absolute atomic E-state index is 0.243. The normalized spacial score (nSPS) is 20.7. The van der Waals surface area contributed by atoms with Gasteiger partial charge in [0.1, 0.15) is 0 Å². The van der Waals surface area contributed by atoms with Gasteiger partial charge in [-0.1, -0.05) is 0 Å². The van der Waals surface area contributed by atoms with Crippen molar-refractivity contribution in [3.05, 3.63) is 24.3 Å². The summed E-state index contributed by atoms with van der Waals surface area (Å²) in [5.41, 5.74) is 7.83. The number of ether oxygens (including phenoxy) is 1. The monoisotopic (exact) mass is 333 g/mol. The number of nitrogens with zero attached hydrogens (tertiary/aromatic N) is 2. The molecule has 1 aromatic carbocycles. The number of nitrogens with one attached hydrogen (secondary N) is 3. The second kappa shape index (κ2) is 8.67. The molecule has 1 aromatic rings. The number of nitriles is 1. The van der Waals surface area contributed by atoms with Gasteiger partial charge in [0.25, 0.3) is 0 Å². The molecule has 1 heterocycles. The molecule has 0 bridgehead atoms. The van der Waals surface area contributed by atoms with Gasteiger partial charge < -0.3 is 15.0 Å². The number of benzene rings is 1. The van der Waals surface area contributed by atoms with Crippen LogP contribution in [0.25, 0.3) is 0 Å². The minimum Gasteiger partial charge on any atom is -0.372 e. The Balaban J connectivity index is 1.84. The van der Waals surface area contributed by atoms with E-state index in [0.717, 1.165) is 18.8 Å². The van der Waals surface area contributed by atoms with Gasteiger partial charge in [0.15, 0.2) is 5.11 Å². The molecule has 2 atom stereocenters. The lowest BCUT2D eigenvalue weighted by Gasteiger charge is -2.36. The fraction of sp³-hybridized carbons (Fsp3) is 0.500. The van der Waals surface area contributed by atoms with Gasteiger partial charge in [0.05, 0.1) is 18.3 Å². The van der Waals surface area contributed by atoms with Crippen LogP contribution in [-0.4, -0.2) is 37.0 Å². The molecule has 0 spiro atoms. The number of hydrogen-bond acceptors (Lipinski definition) is 5. The molecule has 1 aliphatic heterocycles. The Morgan fingerprint density at radius 2 is 1.96 bits per heavy atom. The Morgan fingerprint density at radius 1 is 1.30 bits per heavy atom. The van der Waals surface area contributed by atoms with Crippen molar-refractivity contribution in [2.45, 2.75) is 32.5 Å². The van der Waals surface area contributed by atoms with Gasteiger partial charge in [-0.2, -0.15) is 5.26 Å². The van der Waals surface area contributed by atoms with Gasteiger partial charge in [-0.05, 0) is 50.3 Å². The Kier molecular flexibility index (Phi) is 6.59. The topological polar surface area (TPSA) is 72.3 Å². The second-order valence-electron chi connectivity index (χ2n) is 5.62. The molecule has 124 valence electrons. The van der Waals surface area contributed by atoms with Crippen LogP contribution < -0.4 is 21.1 Å². The lowest BCUT2D eigenvalue weighted by molar-refractivity contribution is -0.00521. The highest BCUT2D eigenvalue weighted by Gasteiger charge is 2.22. The zero-order valence-electron chi connectivity index (χ0n) is 13.5. The predicted octanol–water partition coefficient (Wildman–Crippen LogP) is 2.00. The summed E-state index contributed by atoms with van der Waals surface area (Å²) in [4.78, 5) is 2.34. The summed E-state index contributed by atoms with van der Waals surface area (Å²) in [5, 5.41) is 12.0. The number of thiocarbonyl (C=S) groups is 1. The first-order chi connectivity index (χ1) is 11.1. The van der Waals surface area contributed by atoms with Crippen LogP contribution in [0.1, 0.15) is 20.3 Å². The van der Waals surface area contributed by atoms with E-state index in [1.165, 1.54) is 5.69 Å². The highest BCUT2D eigenvalue weighted by Crippen LogP contribution is 2.22. The Morgan fingerprint density at radius 3 is 2.57 bits per heavy atom. The highest BCUT2D eigenvalue weighted by molar-refractivity contribution is 7.80. The molecule has 0 radical (unpaired) electrons. The quantitative estimate of drug-likeness (QED) is 0.432. The van der Waals surface area contributed by atoms with Crippen LogP contribution in [0.2, 0.25) is 0 Å².